The van der Waals surface area contributed by atoms with Crippen molar-refractivity contribution in [3.8, 4) is 0 Å². The smallest absolute Gasteiger partial charge is 0.0443 e. The molecule has 1 aromatic rings. The molecule has 1 heterocycles. The van der Waals surface area contributed by atoms with Gasteiger partial charge in [0, 0.05) is 50.9 Å². The summed E-state index contributed by atoms with van der Waals surface area (Å²) in [6, 6.07) is 2.00. The lowest BCUT2D eigenvalue weighted by Gasteiger charge is -2.17. The predicted molar refractivity (Wildman–Crippen MR) is 62.0 cm³/mol. The molecule has 0 saturated heterocycles. The van der Waals surface area contributed by atoms with Crippen molar-refractivity contribution in [1.29, 1.82) is 0 Å². The van der Waals surface area contributed by atoms with Crippen LogP contribution in [0.4, 0.5) is 5.69 Å². The van der Waals surface area contributed by atoms with Crippen molar-refractivity contribution in [3.05, 3.63) is 24.0 Å². The van der Waals surface area contributed by atoms with Gasteiger partial charge in [0.2, 0.25) is 0 Å². The number of aliphatic hydroxyl groups is 1. The Hall–Kier alpha value is -1.13. The summed E-state index contributed by atoms with van der Waals surface area (Å²) in [5.41, 5.74) is 2.36. The Labute approximate surface area is 90.9 Å². The van der Waals surface area contributed by atoms with E-state index in [-0.39, 0.29) is 6.61 Å². The Balaban J connectivity index is 2.52. The zero-order valence-corrected chi connectivity index (χ0v) is 9.40. The van der Waals surface area contributed by atoms with Crippen LogP contribution < -0.4 is 10.2 Å². The molecule has 0 aliphatic rings. The van der Waals surface area contributed by atoms with Crippen LogP contribution in [0.1, 0.15) is 12.0 Å². The molecule has 4 heteroatoms. The third-order valence-corrected chi connectivity index (χ3v) is 2.19. The van der Waals surface area contributed by atoms with Gasteiger partial charge in [-0.25, -0.2) is 0 Å². The Morgan fingerprint density at radius 3 is 2.93 bits per heavy atom. The SMILES string of the molecule is CN(C)c1ccncc1CNCCCO. The number of aliphatic hydroxyl groups excluding tert-OH is 1. The van der Waals surface area contributed by atoms with Crippen LogP contribution in [0.3, 0.4) is 0 Å². The van der Waals surface area contributed by atoms with Gasteiger partial charge in [-0.05, 0) is 19.0 Å². The van der Waals surface area contributed by atoms with E-state index in [1.54, 1.807) is 6.20 Å². The van der Waals surface area contributed by atoms with Gasteiger partial charge < -0.3 is 15.3 Å². The highest BCUT2D eigenvalue weighted by Gasteiger charge is 2.02. The molecule has 1 rings (SSSR count). The van der Waals surface area contributed by atoms with E-state index < -0.39 is 0 Å². The Kier molecular flexibility index (Phi) is 5.07. The highest BCUT2D eigenvalue weighted by molar-refractivity contribution is 5.50. The molecule has 0 fully saturated rings. The summed E-state index contributed by atoms with van der Waals surface area (Å²) >= 11 is 0. The van der Waals surface area contributed by atoms with Crippen molar-refractivity contribution in [3.63, 3.8) is 0 Å². The van der Waals surface area contributed by atoms with Gasteiger partial charge in [-0.3, -0.25) is 4.98 Å². The van der Waals surface area contributed by atoms with Gasteiger partial charge in [0.15, 0.2) is 0 Å². The largest absolute Gasteiger partial charge is 0.396 e. The second-order valence-electron chi connectivity index (χ2n) is 3.65. The van der Waals surface area contributed by atoms with E-state index in [2.05, 4.69) is 15.2 Å². The molecular formula is C11H19N3O. The predicted octanol–water partition coefficient (Wildman–Crippen LogP) is 0.620. The van der Waals surface area contributed by atoms with E-state index in [0.717, 1.165) is 19.5 Å². The van der Waals surface area contributed by atoms with Gasteiger partial charge in [-0.2, -0.15) is 0 Å². The van der Waals surface area contributed by atoms with Gasteiger partial charge in [0.05, 0.1) is 0 Å². The lowest BCUT2D eigenvalue weighted by molar-refractivity contribution is 0.286. The van der Waals surface area contributed by atoms with Crippen molar-refractivity contribution in [1.82, 2.24) is 10.3 Å². The number of anilines is 1. The average molecular weight is 209 g/mol. The van der Waals surface area contributed by atoms with E-state index in [1.807, 2.05) is 26.4 Å². The molecule has 0 spiro atoms. The number of hydrogen-bond acceptors (Lipinski definition) is 4. The lowest BCUT2D eigenvalue weighted by Crippen LogP contribution is -2.19. The fourth-order valence-corrected chi connectivity index (χ4v) is 1.42. The maximum absolute atomic E-state index is 8.65. The number of nitrogens with one attached hydrogen (secondary N) is 1. The van der Waals surface area contributed by atoms with Crippen molar-refractivity contribution < 1.29 is 5.11 Å². The molecule has 2 N–H and O–H groups in total. The highest BCUT2D eigenvalue weighted by Crippen LogP contribution is 2.15. The van der Waals surface area contributed by atoms with Crippen LogP contribution in [0, 0.1) is 0 Å². The van der Waals surface area contributed by atoms with Crippen molar-refractivity contribution in [2.45, 2.75) is 13.0 Å². The molecule has 1 aromatic heterocycles. The fourth-order valence-electron chi connectivity index (χ4n) is 1.42. The second-order valence-corrected chi connectivity index (χ2v) is 3.65. The quantitative estimate of drug-likeness (QED) is 0.674. The molecule has 0 bridgehead atoms. The van der Waals surface area contributed by atoms with Crippen LogP contribution in [0.2, 0.25) is 0 Å². The number of rotatable bonds is 6. The first-order valence-electron chi connectivity index (χ1n) is 5.17. The number of aromatic nitrogens is 1. The Bertz CT molecular complexity index is 289. The maximum atomic E-state index is 8.65. The molecule has 0 radical (unpaired) electrons. The summed E-state index contributed by atoms with van der Waals surface area (Å²) in [4.78, 5) is 6.18. The summed E-state index contributed by atoms with van der Waals surface area (Å²) in [7, 11) is 4.04. The molecular weight excluding hydrogens is 190 g/mol. The monoisotopic (exact) mass is 209 g/mol. The molecule has 0 unspecified atom stereocenters. The van der Waals surface area contributed by atoms with Crippen molar-refractivity contribution in [2.24, 2.45) is 0 Å². The second kappa shape index (κ2) is 6.37. The van der Waals surface area contributed by atoms with Gasteiger partial charge in [-0.1, -0.05) is 0 Å². The van der Waals surface area contributed by atoms with Crippen LogP contribution in [0.15, 0.2) is 18.5 Å². The number of hydrogen-bond donors (Lipinski definition) is 2. The van der Waals surface area contributed by atoms with Crippen LogP contribution in [-0.2, 0) is 6.54 Å². The molecule has 0 aliphatic carbocycles. The Morgan fingerprint density at radius 1 is 1.47 bits per heavy atom. The van der Waals surface area contributed by atoms with Gasteiger partial charge in [0.25, 0.3) is 0 Å². The summed E-state index contributed by atoms with van der Waals surface area (Å²) in [5.74, 6) is 0. The Morgan fingerprint density at radius 2 is 2.27 bits per heavy atom. The first kappa shape index (κ1) is 11.9. The third kappa shape index (κ3) is 3.85. The molecule has 0 saturated carbocycles. The van der Waals surface area contributed by atoms with Crippen LogP contribution in [0.25, 0.3) is 0 Å². The molecule has 0 aliphatic heterocycles. The zero-order chi connectivity index (χ0) is 11.1. The third-order valence-electron chi connectivity index (χ3n) is 2.19. The van der Waals surface area contributed by atoms with E-state index in [9.17, 15) is 0 Å². The minimum Gasteiger partial charge on any atom is -0.396 e. The maximum Gasteiger partial charge on any atom is 0.0443 e. The lowest BCUT2D eigenvalue weighted by atomic mass is 10.2. The normalized spacial score (nSPS) is 10.3. The summed E-state index contributed by atoms with van der Waals surface area (Å²) in [6.45, 7) is 1.86. The first-order chi connectivity index (χ1) is 7.25. The van der Waals surface area contributed by atoms with E-state index in [4.69, 9.17) is 5.11 Å². The topological polar surface area (TPSA) is 48.4 Å². The summed E-state index contributed by atoms with van der Waals surface area (Å²) < 4.78 is 0. The van der Waals surface area contributed by atoms with Crippen molar-refractivity contribution >= 4 is 5.69 Å². The summed E-state index contributed by atoms with van der Waals surface area (Å²) in [6.07, 6.45) is 4.46. The molecule has 0 amide bonds. The molecule has 0 aromatic carbocycles. The molecule has 84 valence electrons. The fraction of sp³-hybridized carbons (Fsp3) is 0.545. The van der Waals surface area contributed by atoms with E-state index >= 15 is 0 Å². The van der Waals surface area contributed by atoms with Crippen LogP contribution >= 0.6 is 0 Å². The van der Waals surface area contributed by atoms with Crippen LogP contribution in [0.5, 0.6) is 0 Å². The minimum atomic E-state index is 0.237. The van der Waals surface area contributed by atoms with Gasteiger partial charge in [-0.15, -0.1) is 0 Å². The highest BCUT2D eigenvalue weighted by atomic mass is 16.3. The van der Waals surface area contributed by atoms with Crippen LogP contribution in [-0.4, -0.2) is 37.3 Å². The van der Waals surface area contributed by atoms with Gasteiger partial charge in [0.1, 0.15) is 0 Å². The molecule has 15 heavy (non-hydrogen) atoms. The number of pyridine rings is 1. The summed E-state index contributed by atoms with van der Waals surface area (Å²) in [5, 5.41) is 11.9. The standard InChI is InChI=1S/C11H19N3O/c1-14(2)11-4-6-13-9-10(11)8-12-5-3-7-15/h4,6,9,12,15H,3,5,7-8H2,1-2H3. The van der Waals surface area contributed by atoms with E-state index in [0.29, 0.717) is 0 Å². The molecule has 0 atom stereocenters. The average Bonchev–Trinajstić information content (AvgIpc) is 2.25. The molecule has 4 nitrogen and oxygen atoms in total. The zero-order valence-electron chi connectivity index (χ0n) is 9.40. The first-order valence-corrected chi connectivity index (χ1v) is 5.17. The van der Waals surface area contributed by atoms with E-state index in [1.165, 1.54) is 11.3 Å². The van der Waals surface area contributed by atoms with Crippen molar-refractivity contribution in [2.75, 3.05) is 32.1 Å². The number of nitrogens with zero attached hydrogens (tertiary/aromatic N) is 2. The van der Waals surface area contributed by atoms with Gasteiger partial charge >= 0.3 is 0 Å². The minimum absolute atomic E-state index is 0.237.